The van der Waals surface area contributed by atoms with Gasteiger partial charge in [0.2, 0.25) is 0 Å². The van der Waals surface area contributed by atoms with Crippen LogP contribution in [0.3, 0.4) is 0 Å². The molecule has 0 fully saturated rings. The molecule has 0 spiro atoms. The molecule has 140 valence electrons. The predicted octanol–water partition coefficient (Wildman–Crippen LogP) is 4.23. The molecular weight excluding hydrogens is 383 g/mol. The molecule has 0 saturated carbocycles. The van der Waals surface area contributed by atoms with Crippen LogP contribution in [0, 0.1) is 0 Å². The second-order valence-electron chi connectivity index (χ2n) is 5.78. The molecule has 0 bridgehead atoms. The quantitative estimate of drug-likeness (QED) is 0.728. The van der Waals surface area contributed by atoms with Crippen LogP contribution < -0.4 is 4.74 Å². The molecule has 2 amide bonds. The number of nitrogens with zero attached hydrogens (tertiary/aromatic N) is 1. The van der Waals surface area contributed by atoms with E-state index in [0.717, 1.165) is 17.0 Å². The number of imide groups is 1. The molecule has 4 nitrogen and oxygen atoms in total. The summed E-state index contributed by atoms with van der Waals surface area (Å²) in [5.74, 6) is -1.10. The fourth-order valence-electron chi connectivity index (χ4n) is 2.80. The van der Waals surface area contributed by atoms with Gasteiger partial charge in [0.15, 0.2) is 0 Å². The molecule has 8 heteroatoms. The van der Waals surface area contributed by atoms with Crippen LogP contribution in [0.4, 0.5) is 13.2 Å². The lowest BCUT2D eigenvalue weighted by Crippen LogP contribution is -2.30. The first-order valence-corrected chi connectivity index (χ1v) is 8.17. The lowest BCUT2D eigenvalue weighted by molar-refractivity contribution is -0.137. The van der Waals surface area contributed by atoms with Crippen molar-refractivity contribution >= 4 is 29.0 Å². The number of methoxy groups -OCH3 is 1. The molecule has 3 rings (SSSR count). The van der Waals surface area contributed by atoms with E-state index in [-0.39, 0.29) is 22.7 Å². The molecule has 1 aliphatic rings. The predicted molar refractivity (Wildman–Crippen MR) is 92.8 cm³/mol. The summed E-state index contributed by atoms with van der Waals surface area (Å²) in [6.45, 7) is -0.323. The van der Waals surface area contributed by atoms with Gasteiger partial charge in [-0.15, -0.1) is 0 Å². The Morgan fingerprint density at radius 3 is 2.41 bits per heavy atom. The Bertz CT molecular complexity index is 953. The number of para-hydroxylation sites is 1. The van der Waals surface area contributed by atoms with E-state index in [1.165, 1.54) is 19.2 Å². The normalized spacial score (nSPS) is 14.9. The molecule has 0 radical (unpaired) electrons. The number of ether oxygens (including phenoxy) is 1. The third-order valence-corrected chi connectivity index (χ3v) is 4.43. The van der Waals surface area contributed by atoms with Gasteiger partial charge >= 0.3 is 6.18 Å². The Hall–Kier alpha value is -2.80. The molecule has 0 aliphatic carbocycles. The monoisotopic (exact) mass is 395 g/mol. The van der Waals surface area contributed by atoms with Crippen molar-refractivity contribution in [1.29, 1.82) is 0 Å². The van der Waals surface area contributed by atoms with Crippen LogP contribution in [0.2, 0.25) is 0 Å². The van der Waals surface area contributed by atoms with E-state index in [1.54, 1.807) is 24.3 Å². The van der Waals surface area contributed by atoms with Crippen LogP contribution in [-0.2, 0) is 22.3 Å². The molecule has 0 saturated heterocycles. The third kappa shape index (κ3) is 3.55. The van der Waals surface area contributed by atoms with Gasteiger partial charge in [0, 0.05) is 5.56 Å². The van der Waals surface area contributed by atoms with Crippen molar-refractivity contribution in [2.24, 2.45) is 0 Å². The second kappa shape index (κ2) is 7.08. The van der Waals surface area contributed by atoms with Crippen molar-refractivity contribution in [3.8, 4) is 5.75 Å². The Kier molecular flexibility index (Phi) is 4.97. The summed E-state index contributed by atoms with van der Waals surface area (Å²) in [6, 6.07) is 11.0. The minimum atomic E-state index is -4.52. The highest BCUT2D eigenvalue weighted by Crippen LogP contribution is 2.37. The average molecular weight is 396 g/mol. The van der Waals surface area contributed by atoms with Crippen LogP contribution in [-0.4, -0.2) is 23.8 Å². The van der Waals surface area contributed by atoms with Crippen LogP contribution in [0.15, 0.2) is 53.6 Å². The van der Waals surface area contributed by atoms with Crippen molar-refractivity contribution in [2.75, 3.05) is 7.11 Å². The molecule has 2 aromatic rings. The Morgan fingerprint density at radius 1 is 1.04 bits per heavy atom. The fraction of sp³-hybridized carbons (Fsp3) is 0.158. The van der Waals surface area contributed by atoms with Gasteiger partial charge in [-0.1, -0.05) is 41.9 Å². The van der Waals surface area contributed by atoms with Gasteiger partial charge < -0.3 is 4.74 Å². The Morgan fingerprint density at radius 2 is 1.74 bits per heavy atom. The van der Waals surface area contributed by atoms with E-state index in [4.69, 9.17) is 16.3 Å². The van der Waals surface area contributed by atoms with Gasteiger partial charge in [-0.2, -0.15) is 13.2 Å². The highest BCUT2D eigenvalue weighted by atomic mass is 35.5. The van der Waals surface area contributed by atoms with Crippen LogP contribution in [0.1, 0.15) is 16.7 Å². The lowest BCUT2D eigenvalue weighted by atomic mass is 10.0. The number of alkyl halides is 3. The van der Waals surface area contributed by atoms with Gasteiger partial charge in [-0.05, 0) is 23.8 Å². The zero-order valence-electron chi connectivity index (χ0n) is 14.0. The summed E-state index contributed by atoms with van der Waals surface area (Å²) < 4.78 is 43.8. The van der Waals surface area contributed by atoms with E-state index >= 15 is 0 Å². The maximum atomic E-state index is 12.9. The first-order chi connectivity index (χ1) is 12.7. The van der Waals surface area contributed by atoms with Gasteiger partial charge in [0.25, 0.3) is 11.8 Å². The third-order valence-electron chi connectivity index (χ3n) is 4.08. The molecule has 27 heavy (non-hydrogen) atoms. The fourth-order valence-corrected chi connectivity index (χ4v) is 3.09. The second-order valence-corrected chi connectivity index (χ2v) is 6.16. The number of hydrogen-bond acceptors (Lipinski definition) is 3. The van der Waals surface area contributed by atoms with Gasteiger partial charge in [0.05, 0.1) is 24.8 Å². The molecule has 0 unspecified atom stereocenters. The van der Waals surface area contributed by atoms with Crippen LogP contribution in [0.25, 0.3) is 5.57 Å². The molecule has 0 aromatic heterocycles. The van der Waals surface area contributed by atoms with E-state index in [2.05, 4.69) is 0 Å². The Balaban J connectivity index is 1.93. The van der Waals surface area contributed by atoms with Crippen LogP contribution >= 0.6 is 11.6 Å². The van der Waals surface area contributed by atoms with Crippen molar-refractivity contribution in [1.82, 2.24) is 4.90 Å². The molecule has 1 aliphatic heterocycles. The summed E-state index contributed by atoms with van der Waals surface area (Å²) >= 11 is 6.08. The number of hydrogen-bond donors (Lipinski definition) is 0. The van der Waals surface area contributed by atoms with E-state index in [1.807, 2.05) is 0 Å². The number of carbonyl (C=O) groups is 2. The summed E-state index contributed by atoms with van der Waals surface area (Å²) in [5, 5.41) is -0.295. The summed E-state index contributed by atoms with van der Waals surface area (Å²) in [4.78, 5) is 26.0. The number of rotatable bonds is 4. The highest BCUT2D eigenvalue weighted by Gasteiger charge is 2.39. The van der Waals surface area contributed by atoms with E-state index < -0.39 is 23.6 Å². The van der Waals surface area contributed by atoms with Gasteiger partial charge in [-0.3, -0.25) is 14.5 Å². The molecular formula is C19H13ClF3NO3. The van der Waals surface area contributed by atoms with E-state index in [9.17, 15) is 22.8 Å². The largest absolute Gasteiger partial charge is 0.496 e. The van der Waals surface area contributed by atoms with Crippen molar-refractivity contribution in [3.63, 3.8) is 0 Å². The highest BCUT2D eigenvalue weighted by molar-refractivity contribution is 6.55. The minimum absolute atomic E-state index is 0.0360. The van der Waals surface area contributed by atoms with Gasteiger partial charge in [-0.25, -0.2) is 0 Å². The summed E-state index contributed by atoms with van der Waals surface area (Å²) in [7, 11) is 1.41. The maximum absolute atomic E-state index is 12.9. The van der Waals surface area contributed by atoms with Crippen molar-refractivity contribution in [2.45, 2.75) is 12.7 Å². The lowest BCUT2D eigenvalue weighted by Gasteiger charge is -2.16. The van der Waals surface area contributed by atoms with Crippen molar-refractivity contribution < 1.29 is 27.5 Å². The van der Waals surface area contributed by atoms with Gasteiger partial charge in [0.1, 0.15) is 10.8 Å². The smallest absolute Gasteiger partial charge is 0.416 e. The number of amides is 2. The molecule has 0 N–H and O–H groups in total. The summed E-state index contributed by atoms with van der Waals surface area (Å²) in [5.41, 5.74) is -0.388. The molecule has 1 heterocycles. The number of halogens is 4. The minimum Gasteiger partial charge on any atom is -0.496 e. The standard InChI is InChI=1S/C19H13ClF3NO3/c1-27-14-8-3-2-7-13(14)15-16(20)18(26)24(17(15)25)10-11-5-4-6-12(9-11)19(21,22)23/h2-9H,10H2,1H3. The van der Waals surface area contributed by atoms with Crippen molar-refractivity contribution in [3.05, 3.63) is 70.3 Å². The first-order valence-electron chi connectivity index (χ1n) is 7.79. The SMILES string of the molecule is COc1ccccc1C1=C(Cl)C(=O)N(Cc2cccc(C(F)(F)F)c2)C1=O. The number of benzene rings is 2. The summed E-state index contributed by atoms with van der Waals surface area (Å²) in [6.07, 6.45) is -4.52. The maximum Gasteiger partial charge on any atom is 0.416 e. The Labute approximate surface area is 157 Å². The first kappa shape index (κ1) is 19.0. The zero-order valence-corrected chi connectivity index (χ0v) is 14.8. The average Bonchev–Trinajstić information content (AvgIpc) is 2.85. The topological polar surface area (TPSA) is 46.6 Å². The van der Waals surface area contributed by atoms with E-state index in [0.29, 0.717) is 11.3 Å². The molecule has 2 aromatic carbocycles. The number of carbonyl (C=O) groups excluding carboxylic acids is 2. The van der Waals surface area contributed by atoms with Crippen LogP contribution in [0.5, 0.6) is 5.75 Å². The molecule has 0 atom stereocenters. The zero-order chi connectivity index (χ0) is 19.8.